The maximum absolute atomic E-state index is 10.9. The van der Waals surface area contributed by atoms with Gasteiger partial charge in [0.1, 0.15) is 48.5 Å². The van der Waals surface area contributed by atoms with Crippen LogP contribution >= 0.6 is 0 Å². The molecular weight excluding hydrogens is 504 g/mol. The van der Waals surface area contributed by atoms with E-state index in [0.717, 1.165) is 11.1 Å². The minimum absolute atomic E-state index is 0.00873. The fourth-order valence-electron chi connectivity index (χ4n) is 4.62. The fourth-order valence-corrected chi connectivity index (χ4v) is 4.62. The topological polar surface area (TPSA) is 199 Å². The molecule has 12 nitrogen and oxygen atoms in total. The van der Waals surface area contributed by atoms with Gasteiger partial charge in [0.15, 0.2) is 12.6 Å². The lowest BCUT2D eigenvalue weighted by Crippen LogP contribution is -2.64. The van der Waals surface area contributed by atoms with Crippen LogP contribution in [0.1, 0.15) is 50.7 Å². The lowest BCUT2D eigenvalue weighted by Gasteiger charge is -2.46. The Bertz CT molecular complexity index is 891. The Morgan fingerprint density at radius 2 is 1.68 bits per heavy atom. The number of phenolic OH excluding ortho intramolecular Hbond substituents is 1. The molecule has 0 bridgehead atoms. The van der Waals surface area contributed by atoms with Crippen LogP contribution in [0.3, 0.4) is 0 Å². The number of hydrogen-bond donors (Lipinski definition) is 8. The van der Waals surface area contributed by atoms with Gasteiger partial charge < -0.3 is 59.8 Å². The number of aromatic hydroxyl groups is 1. The number of benzene rings is 1. The van der Waals surface area contributed by atoms with Crippen molar-refractivity contribution >= 4 is 0 Å². The second-order valence-electron chi connectivity index (χ2n) is 10.9. The van der Waals surface area contributed by atoms with E-state index in [2.05, 4.69) is 0 Å². The van der Waals surface area contributed by atoms with Gasteiger partial charge in [0.25, 0.3) is 0 Å². The summed E-state index contributed by atoms with van der Waals surface area (Å²) in [5.41, 5.74) is 0.271. The van der Waals surface area contributed by atoms with E-state index in [9.17, 15) is 40.9 Å². The van der Waals surface area contributed by atoms with Crippen LogP contribution in [0.2, 0.25) is 0 Å². The summed E-state index contributed by atoms with van der Waals surface area (Å²) >= 11 is 0. The number of hydrogen-bond acceptors (Lipinski definition) is 12. The quantitative estimate of drug-likeness (QED) is 0.178. The standard InChI is InChI=1S/C26H42O12/c1-12(14-7-5-13(2)15(28)9-14)6-8-18(26(3,4)34)37-25-23(21(32)20(31)17(10-27)36-25)38-24-22(33)19(30)16(29)11-35-24/h5,7,9,12,16-25,27-34H,6,8,10-11H2,1-4H3. The lowest BCUT2D eigenvalue weighted by atomic mass is 9.89. The summed E-state index contributed by atoms with van der Waals surface area (Å²) in [6, 6.07) is 5.43. The maximum atomic E-state index is 10.9. The van der Waals surface area contributed by atoms with E-state index in [4.69, 9.17) is 18.9 Å². The van der Waals surface area contributed by atoms with Crippen LogP contribution in [0.4, 0.5) is 0 Å². The van der Waals surface area contributed by atoms with Crippen molar-refractivity contribution in [1.29, 1.82) is 0 Å². The predicted molar refractivity (Wildman–Crippen MR) is 132 cm³/mol. The van der Waals surface area contributed by atoms with E-state index < -0.39 is 73.6 Å². The van der Waals surface area contributed by atoms with Crippen molar-refractivity contribution in [2.45, 2.75) is 113 Å². The molecule has 0 aliphatic carbocycles. The smallest absolute Gasteiger partial charge is 0.187 e. The van der Waals surface area contributed by atoms with Gasteiger partial charge in [0.2, 0.25) is 0 Å². The highest BCUT2D eigenvalue weighted by Crippen LogP contribution is 2.33. The zero-order valence-electron chi connectivity index (χ0n) is 22.1. The number of aryl methyl sites for hydroxylation is 1. The van der Waals surface area contributed by atoms with Gasteiger partial charge in [-0.1, -0.05) is 19.1 Å². The molecule has 8 N–H and O–H groups in total. The third-order valence-electron chi connectivity index (χ3n) is 7.32. The zero-order chi connectivity index (χ0) is 28.4. The first-order chi connectivity index (χ1) is 17.7. The Hall–Kier alpha value is -1.42. The van der Waals surface area contributed by atoms with Crippen LogP contribution in [-0.4, -0.2) is 121 Å². The molecule has 2 aliphatic heterocycles. The molecular formula is C26H42O12. The molecule has 1 aromatic carbocycles. The first-order valence-electron chi connectivity index (χ1n) is 12.9. The van der Waals surface area contributed by atoms with Gasteiger partial charge in [-0.3, -0.25) is 0 Å². The molecule has 0 spiro atoms. The molecule has 38 heavy (non-hydrogen) atoms. The van der Waals surface area contributed by atoms with Crippen LogP contribution in [-0.2, 0) is 18.9 Å². The summed E-state index contributed by atoms with van der Waals surface area (Å²) < 4.78 is 22.8. The summed E-state index contributed by atoms with van der Waals surface area (Å²) in [5, 5.41) is 81.8. The minimum atomic E-state index is -1.67. The first kappa shape index (κ1) is 31.1. The average molecular weight is 547 g/mol. The Morgan fingerprint density at radius 3 is 2.29 bits per heavy atom. The average Bonchev–Trinajstić information content (AvgIpc) is 2.86. The second kappa shape index (κ2) is 12.8. The van der Waals surface area contributed by atoms with E-state index in [-0.39, 0.29) is 18.3 Å². The summed E-state index contributed by atoms with van der Waals surface area (Å²) in [6.07, 6.45) is -13.4. The Morgan fingerprint density at radius 1 is 1.00 bits per heavy atom. The Kier molecular flexibility index (Phi) is 10.5. The minimum Gasteiger partial charge on any atom is -0.508 e. The summed E-state index contributed by atoms with van der Waals surface area (Å²) in [4.78, 5) is 0. The molecule has 12 heteroatoms. The third kappa shape index (κ3) is 7.20. The van der Waals surface area contributed by atoms with Crippen LogP contribution in [0.15, 0.2) is 18.2 Å². The summed E-state index contributed by atoms with van der Waals surface area (Å²) in [6.45, 7) is 5.87. The second-order valence-corrected chi connectivity index (χ2v) is 10.9. The Labute approximate surface area is 222 Å². The van der Waals surface area contributed by atoms with E-state index in [0.29, 0.717) is 12.8 Å². The third-order valence-corrected chi connectivity index (χ3v) is 7.32. The van der Waals surface area contributed by atoms with Crippen molar-refractivity contribution in [2.24, 2.45) is 0 Å². The molecule has 3 rings (SSSR count). The van der Waals surface area contributed by atoms with Gasteiger partial charge in [-0.2, -0.15) is 0 Å². The maximum Gasteiger partial charge on any atom is 0.187 e. The number of aliphatic hydroxyl groups excluding tert-OH is 6. The molecule has 218 valence electrons. The molecule has 2 aliphatic rings. The number of aliphatic hydroxyl groups is 7. The molecule has 11 atom stereocenters. The van der Waals surface area contributed by atoms with Crippen molar-refractivity contribution in [1.82, 2.24) is 0 Å². The van der Waals surface area contributed by atoms with E-state index in [1.807, 2.05) is 19.1 Å². The predicted octanol–water partition coefficient (Wildman–Crippen LogP) is -0.996. The highest BCUT2D eigenvalue weighted by molar-refractivity contribution is 5.36. The van der Waals surface area contributed by atoms with E-state index in [1.54, 1.807) is 26.8 Å². The van der Waals surface area contributed by atoms with Crippen molar-refractivity contribution in [3.63, 3.8) is 0 Å². The molecule has 2 fully saturated rings. The fraction of sp³-hybridized carbons (Fsp3) is 0.769. The molecule has 0 amide bonds. The van der Waals surface area contributed by atoms with Crippen LogP contribution in [0.25, 0.3) is 0 Å². The Balaban J connectivity index is 1.77. The highest BCUT2D eigenvalue weighted by atomic mass is 16.8. The van der Waals surface area contributed by atoms with Crippen molar-refractivity contribution in [2.75, 3.05) is 13.2 Å². The molecule has 0 saturated carbocycles. The SMILES string of the molecule is Cc1ccc(C(C)CCC(OC2OC(CO)C(O)C(O)C2OC2OCC(O)C(O)C2O)C(C)(C)O)cc1O. The molecule has 11 unspecified atom stereocenters. The summed E-state index contributed by atoms with van der Waals surface area (Å²) in [5.74, 6) is 0.179. The van der Waals surface area contributed by atoms with Gasteiger partial charge in [-0.05, 0) is 56.7 Å². The van der Waals surface area contributed by atoms with E-state index >= 15 is 0 Å². The first-order valence-corrected chi connectivity index (χ1v) is 12.9. The summed E-state index contributed by atoms with van der Waals surface area (Å²) in [7, 11) is 0. The van der Waals surface area contributed by atoms with Crippen molar-refractivity contribution < 1.29 is 59.8 Å². The normalized spacial score (nSPS) is 36.1. The molecule has 0 aromatic heterocycles. The molecule has 1 aromatic rings. The van der Waals surface area contributed by atoms with Gasteiger partial charge in [0, 0.05) is 0 Å². The van der Waals surface area contributed by atoms with Crippen LogP contribution in [0.5, 0.6) is 5.75 Å². The van der Waals surface area contributed by atoms with Gasteiger partial charge in [0.05, 0.1) is 24.9 Å². The van der Waals surface area contributed by atoms with Gasteiger partial charge in [-0.15, -0.1) is 0 Å². The molecule has 2 heterocycles. The van der Waals surface area contributed by atoms with Crippen molar-refractivity contribution in [3.8, 4) is 5.75 Å². The largest absolute Gasteiger partial charge is 0.508 e. The lowest BCUT2D eigenvalue weighted by molar-refractivity contribution is -0.367. The zero-order valence-corrected chi connectivity index (χ0v) is 22.1. The van der Waals surface area contributed by atoms with Crippen LogP contribution in [0, 0.1) is 6.92 Å². The van der Waals surface area contributed by atoms with Gasteiger partial charge in [-0.25, -0.2) is 0 Å². The molecule has 2 saturated heterocycles. The van der Waals surface area contributed by atoms with Crippen molar-refractivity contribution in [3.05, 3.63) is 29.3 Å². The number of ether oxygens (including phenoxy) is 4. The highest BCUT2D eigenvalue weighted by Gasteiger charge is 2.50. The molecule has 0 radical (unpaired) electrons. The number of rotatable bonds is 10. The van der Waals surface area contributed by atoms with E-state index in [1.165, 1.54) is 0 Å². The van der Waals surface area contributed by atoms with Gasteiger partial charge >= 0.3 is 0 Å². The number of phenols is 1. The monoisotopic (exact) mass is 546 g/mol. The van der Waals surface area contributed by atoms with Crippen LogP contribution < -0.4 is 0 Å².